The largest absolute Gasteiger partial charge is 0.347 e. The molecule has 0 unspecified atom stereocenters. The molecule has 4 rings (SSSR count). The van der Waals surface area contributed by atoms with Crippen molar-refractivity contribution in [2.24, 2.45) is 7.05 Å². The van der Waals surface area contributed by atoms with Gasteiger partial charge in [-0.3, -0.25) is 19.3 Å². The first kappa shape index (κ1) is 23.2. The SMILES string of the molecule is CCc1cc(C(=O)NCc2c(C)ncc3c2CCN(C(=O)CCCc2cccs2)C3)n(C)n1. The van der Waals surface area contributed by atoms with E-state index in [9.17, 15) is 9.59 Å². The van der Waals surface area contributed by atoms with Crippen LogP contribution >= 0.6 is 11.3 Å². The van der Waals surface area contributed by atoms with Crippen LogP contribution in [0, 0.1) is 6.92 Å². The number of aromatic nitrogens is 3. The monoisotopic (exact) mass is 465 g/mol. The van der Waals surface area contributed by atoms with Gasteiger partial charge in [0, 0.05) is 49.9 Å². The first-order valence-electron chi connectivity index (χ1n) is 11.5. The topological polar surface area (TPSA) is 80.1 Å². The Hall–Kier alpha value is -3.00. The number of carbonyl (C=O) groups excluding carboxylic acids is 2. The van der Waals surface area contributed by atoms with Gasteiger partial charge in [-0.2, -0.15) is 5.10 Å². The minimum absolute atomic E-state index is 0.139. The van der Waals surface area contributed by atoms with E-state index in [0.717, 1.165) is 48.2 Å². The van der Waals surface area contributed by atoms with Crippen molar-refractivity contribution in [2.75, 3.05) is 6.54 Å². The smallest absolute Gasteiger partial charge is 0.269 e. The van der Waals surface area contributed by atoms with Crippen molar-refractivity contribution in [1.82, 2.24) is 25.0 Å². The lowest BCUT2D eigenvalue weighted by Gasteiger charge is -2.30. The van der Waals surface area contributed by atoms with Gasteiger partial charge < -0.3 is 10.2 Å². The summed E-state index contributed by atoms with van der Waals surface area (Å²) in [4.78, 5) is 33.3. The summed E-state index contributed by atoms with van der Waals surface area (Å²) >= 11 is 1.74. The number of carbonyl (C=O) groups is 2. The highest BCUT2D eigenvalue weighted by Gasteiger charge is 2.24. The molecule has 1 N–H and O–H groups in total. The summed E-state index contributed by atoms with van der Waals surface area (Å²) in [7, 11) is 1.79. The third kappa shape index (κ3) is 5.33. The quantitative estimate of drug-likeness (QED) is 0.551. The molecule has 4 heterocycles. The average Bonchev–Trinajstić information content (AvgIpc) is 3.47. The molecule has 0 aromatic carbocycles. The molecule has 1 aliphatic heterocycles. The maximum atomic E-state index is 12.8. The predicted molar refractivity (Wildman–Crippen MR) is 129 cm³/mol. The van der Waals surface area contributed by atoms with E-state index < -0.39 is 0 Å². The van der Waals surface area contributed by atoms with Gasteiger partial charge in [0.15, 0.2) is 0 Å². The van der Waals surface area contributed by atoms with Crippen LogP contribution in [0.1, 0.15) is 63.2 Å². The molecule has 0 saturated carbocycles. The van der Waals surface area contributed by atoms with E-state index in [-0.39, 0.29) is 11.8 Å². The van der Waals surface area contributed by atoms with Crippen molar-refractivity contribution >= 4 is 23.2 Å². The normalized spacial score (nSPS) is 13.1. The first-order valence-corrected chi connectivity index (χ1v) is 12.4. The molecular weight excluding hydrogens is 434 g/mol. The van der Waals surface area contributed by atoms with Crippen LogP contribution < -0.4 is 5.32 Å². The molecule has 2 amide bonds. The molecule has 0 fully saturated rings. The number of nitrogens with zero attached hydrogens (tertiary/aromatic N) is 4. The average molecular weight is 466 g/mol. The van der Waals surface area contributed by atoms with E-state index >= 15 is 0 Å². The van der Waals surface area contributed by atoms with Gasteiger partial charge in [0.05, 0.1) is 5.69 Å². The summed E-state index contributed by atoms with van der Waals surface area (Å²) in [6, 6.07) is 6.01. The second-order valence-corrected chi connectivity index (χ2v) is 9.54. The lowest BCUT2D eigenvalue weighted by Crippen LogP contribution is -2.37. The van der Waals surface area contributed by atoms with Crippen molar-refractivity contribution in [2.45, 2.75) is 59.0 Å². The van der Waals surface area contributed by atoms with Gasteiger partial charge in [-0.1, -0.05) is 13.0 Å². The van der Waals surface area contributed by atoms with Crippen molar-refractivity contribution in [3.63, 3.8) is 0 Å². The molecule has 0 radical (unpaired) electrons. The number of nitrogens with one attached hydrogen (secondary N) is 1. The molecule has 0 bridgehead atoms. The molecule has 7 nitrogen and oxygen atoms in total. The molecule has 8 heteroatoms. The summed E-state index contributed by atoms with van der Waals surface area (Å²) in [6.07, 6.45) is 5.86. The summed E-state index contributed by atoms with van der Waals surface area (Å²) in [5.41, 5.74) is 5.73. The predicted octanol–water partition coefficient (Wildman–Crippen LogP) is 3.59. The van der Waals surface area contributed by atoms with Crippen LogP contribution in [0.4, 0.5) is 0 Å². The Bertz CT molecular complexity index is 1140. The zero-order chi connectivity index (χ0) is 23.4. The molecule has 3 aromatic rings. The zero-order valence-corrected chi connectivity index (χ0v) is 20.4. The number of hydrogen-bond donors (Lipinski definition) is 1. The van der Waals surface area contributed by atoms with Gasteiger partial charge in [-0.25, -0.2) is 0 Å². The standard InChI is InChI=1S/C25H31N5O2S/c1-4-19-13-23(29(3)28-19)25(32)27-15-22-17(2)26-14-18-16-30(11-10-21(18)22)24(31)9-5-7-20-8-6-12-33-20/h6,8,12-14H,4-5,7,9-11,15-16H2,1-3H3,(H,27,32). The van der Waals surface area contributed by atoms with Gasteiger partial charge in [0.25, 0.3) is 5.91 Å². The van der Waals surface area contributed by atoms with E-state index in [1.807, 2.05) is 31.0 Å². The molecule has 174 valence electrons. The van der Waals surface area contributed by atoms with Gasteiger partial charge >= 0.3 is 0 Å². The summed E-state index contributed by atoms with van der Waals surface area (Å²) < 4.78 is 1.63. The van der Waals surface area contributed by atoms with E-state index in [1.54, 1.807) is 23.1 Å². The lowest BCUT2D eigenvalue weighted by atomic mass is 9.94. The number of rotatable bonds is 8. The second kappa shape index (κ2) is 10.3. The van der Waals surface area contributed by atoms with Crippen LogP contribution in [0.15, 0.2) is 29.8 Å². The third-order valence-electron chi connectivity index (χ3n) is 6.29. The highest BCUT2D eigenvalue weighted by Crippen LogP contribution is 2.25. The fourth-order valence-corrected chi connectivity index (χ4v) is 5.12. The van der Waals surface area contributed by atoms with E-state index in [2.05, 4.69) is 32.9 Å². The Kier molecular flexibility index (Phi) is 7.23. The van der Waals surface area contributed by atoms with Gasteiger partial charge in [0.1, 0.15) is 5.69 Å². The Morgan fingerprint density at radius 3 is 2.88 bits per heavy atom. The summed E-state index contributed by atoms with van der Waals surface area (Å²) in [5.74, 6) is 0.0654. The number of fused-ring (bicyclic) bond motifs is 1. The molecule has 0 atom stereocenters. The molecule has 33 heavy (non-hydrogen) atoms. The highest BCUT2D eigenvalue weighted by molar-refractivity contribution is 7.09. The van der Waals surface area contributed by atoms with Crippen molar-refractivity contribution in [3.8, 4) is 0 Å². The van der Waals surface area contributed by atoms with Crippen LogP contribution in [0.3, 0.4) is 0 Å². The molecule has 0 spiro atoms. The van der Waals surface area contributed by atoms with Crippen LogP contribution in [0.5, 0.6) is 0 Å². The third-order valence-corrected chi connectivity index (χ3v) is 7.23. The van der Waals surface area contributed by atoms with Crippen molar-refractivity contribution < 1.29 is 9.59 Å². The van der Waals surface area contributed by atoms with Gasteiger partial charge in [-0.05, 0) is 66.8 Å². The highest BCUT2D eigenvalue weighted by atomic mass is 32.1. The van der Waals surface area contributed by atoms with Gasteiger partial charge in [0.2, 0.25) is 5.91 Å². The first-order chi connectivity index (χ1) is 16.0. The molecule has 3 aromatic heterocycles. The Morgan fingerprint density at radius 1 is 1.30 bits per heavy atom. The van der Waals surface area contributed by atoms with Crippen LogP contribution in [-0.2, 0) is 44.2 Å². The molecule has 0 aliphatic carbocycles. The van der Waals surface area contributed by atoms with Crippen LogP contribution in [0.2, 0.25) is 0 Å². The maximum Gasteiger partial charge on any atom is 0.269 e. The fraction of sp³-hybridized carbons (Fsp3) is 0.440. The second-order valence-electron chi connectivity index (χ2n) is 8.50. The van der Waals surface area contributed by atoms with Gasteiger partial charge in [-0.15, -0.1) is 11.3 Å². The maximum absolute atomic E-state index is 12.8. The minimum atomic E-state index is -0.139. The zero-order valence-electron chi connectivity index (χ0n) is 19.6. The van der Waals surface area contributed by atoms with E-state index in [0.29, 0.717) is 31.7 Å². The Labute approximate surface area is 198 Å². The number of hydrogen-bond acceptors (Lipinski definition) is 5. The molecule has 1 aliphatic rings. The molecular formula is C25H31N5O2S. The molecule has 0 saturated heterocycles. The lowest BCUT2D eigenvalue weighted by molar-refractivity contribution is -0.132. The minimum Gasteiger partial charge on any atom is -0.347 e. The van der Waals surface area contributed by atoms with Crippen molar-refractivity contribution in [3.05, 3.63) is 68.4 Å². The van der Waals surface area contributed by atoms with E-state index in [4.69, 9.17) is 0 Å². The Morgan fingerprint density at radius 2 is 2.15 bits per heavy atom. The van der Waals surface area contributed by atoms with Crippen molar-refractivity contribution in [1.29, 1.82) is 0 Å². The number of amides is 2. The number of aryl methyl sites for hydroxylation is 4. The van der Waals surface area contributed by atoms with Crippen LogP contribution in [0.25, 0.3) is 0 Å². The summed E-state index contributed by atoms with van der Waals surface area (Å²) in [5, 5.41) is 9.48. The summed E-state index contributed by atoms with van der Waals surface area (Å²) in [6.45, 7) is 5.71. The number of thiophene rings is 1. The number of pyridine rings is 1. The van der Waals surface area contributed by atoms with Crippen LogP contribution in [-0.4, -0.2) is 38.0 Å². The Balaban J connectivity index is 1.38. The van der Waals surface area contributed by atoms with E-state index in [1.165, 1.54) is 10.4 Å². The fourth-order valence-electron chi connectivity index (χ4n) is 4.37.